The van der Waals surface area contributed by atoms with E-state index in [2.05, 4.69) is 10.3 Å². The van der Waals surface area contributed by atoms with Crippen LogP contribution in [-0.2, 0) is 4.79 Å². The van der Waals surface area contributed by atoms with Crippen molar-refractivity contribution in [3.8, 4) is 11.5 Å². The number of amides is 1. The Morgan fingerprint density at radius 1 is 1.13 bits per heavy atom. The average Bonchev–Trinajstić information content (AvgIpc) is 2.85. The van der Waals surface area contributed by atoms with Crippen LogP contribution < -0.4 is 5.32 Å². The molecule has 116 valence electrons. The zero-order chi connectivity index (χ0) is 16.4. The molecule has 1 aliphatic heterocycles. The molecule has 2 aromatic rings. The second-order valence-corrected chi connectivity index (χ2v) is 6.12. The van der Waals surface area contributed by atoms with Crippen molar-refractivity contribution >= 4 is 46.2 Å². The first-order valence-electron chi connectivity index (χ1n) is 6.59. The minimum atomic E-state index is -0.284. The molecule has 1 aliphatic rings. The lowest BCUT2D eigenvalue weighted by Gasteiger charge is -1.99. The van der Waals surface area contributed by atoms with E-state index in [1.807, 2.05) is 6.07 Å². The van der Waals surface area contributed by atoms with E-state index in [0.29, 0.717) is 26.3 Å². The van der Waals surface area contributed by atoms with Crippen LogP contribution in [0.3, 0.4) is 0 Å². The number of para-hydroxylation sites is 1. The summed E-state index contributed by atoms with van der Waals surface area (Å²) in [5, 5.41) is 22.4. The van der Waals surface area contributed by atoms with Crippen molar-refractivity contribution in [2.24, 2.45) is 4.99 Å². The van der Waals surface area contributed by atoms with E-state index in [1.165, 1.54) is 23.9 Å². The zero-order valence-electron chi connectivity index (χ0n) is 11.7. The van der Waals surface area contributed by atoms with Gasteiger partial charge in [0, 0.05) is 0 Å². The fraction of sp³-hybridized carbons (Fsp3) is 0. The van der Waals surface area contributed by atoms with E-state index >= 15 is 0 Å². The summed E-state index contributed by atoms with van der Waals surface area (Å²) in [6.07, 6.45) is 1.61. The van der Waals surface area contributed by atoms with Crippen LogP contribution in [0.5, 0.6) is 11.5 Å². The molecule has 1 fully saturated rings. The first kappa shape index (κ1) is 15.5. The largest absolute Gasteiger partial charge is 0.504 e. The lowest BCUT2D eigenvalue weighted by atomic mass is 10.2. The summed E-state index contributed by atoms with van der Waals surface area (Å²) in [6, 6.07) is 11.4. The van der Waals surface area contributed by atoms with Gasteiger partial charge in [-0.1, -0.05) is 29.8 Å². The molecule has 3 rings (SSSR count). The van der Waals surface area contributed by atoms with Crippen LogP contribution >= 0.6 is 23.4 Å². The van der Waals surface area contributed by atoms with Crippen molar-refractivity contribution in [3.05, 3.63) is 58.0 Å². The van der Waals surface area contributed by atoms with Crippen LogP contribution in [0.15, 0.2) is 52.4 Å². The number of amidine groups is 1. The van der Waals surface area contributed by atoms with Gasteiger partial charge in [-0.15, -0.1) is 0 Å². The molecule has 0 aliphatic carbocycles. The lowest BCUT2D eigenvalue weighted by Crippen LogP contribution is -2.19. The molecule has 23 heavy (non-hydrogen) atoms. The van der Waals surface area contributed by atoms with Gasteiger partial charge in [0.15, 0.2) is 16.7 Å². The molecule has 0 saturated carbocycles. The molecule has 0 atom stereocenters. The zero-order valence-corrected chi connectivity index (χ0v) is 13.2. The quantitative estimate of drug-likeness (QED) is 0.572. The van der Waals surface area contributed by atoms with Gasteiger partial charge in [0.05, 0.1) is 15.6 Å². The number of hydrogen-bond donors (Lipinski definition) is 3. The minimum absolute atomic E-state index is 0.211. The number of halogens is 1. The van der Waals surface area contributed by atoms with Crippen LogP contribution in [0.2, 0.25) is 5.02 Å². The molecular weight excluding hydrogens is 336 g/mol. The topological polar surface area (TPSA) is 81.9 Å². The SMILES string of the molecule is O=C1NC(=Nc2ccccc2Cl)S/C1=C\c1ccc(O)c(O)c1. The van der Waals surface area contributed by atoms with Gasteiger partial charge < -0.3 is 15.5 Å². The fourth-order valence-electron chi connectivity index (χ4n) is 1.91. The van der Waals surface area contributed by atoms with Crippen LogP contribution in [0.4, 0.5) is 5.69 Å². The number of benzene rings is 2. The van der Waals surface area contributed by atoms with E-state index in [9.17, 15) is 15.0 Å². The maximum atomic E-state index is 12.0. The first-order chi connectivity index (χ1) is 11.0. The summed E-state index contributed by atoms with van der Waals surface area (Å²) < 4.78 is 0. The molecule has 0 radical (unpaired) electrons. The Labute approximate surface area is 141 Å². The number of nitrogens with one attached hydrogen (secondary N) is 1. The predicted octanol–water partition coefficient (Wildman–Crippen LogP) is 3.64. The average molecular weight is 347 g/mol. The molecule has 7 heteroatoms. The lowest BCUT2D eigenvalue weighted by molar-refractivity contribution is -0.115. The van der Waals surface area contributed by atoms with Crippen LogP contribution in [-0.4, -0.2) is 21.3 Å². The van der Waals surface area contributed by atoms with E-state index in [4.69, 9.17) is 11.6 Å². The maximum Gasteiger partial charge on any atom is 0.264 e. The molecule has 2 aromatic carbocycles. The van der Waals surface area contributed by atoms with Gasteiger partial charge in [0.25, 0.3) is 5.91 Å². The van der Waals surface area contributed by atoms with Gasteiger partial charge in [-0.25, -0.2) is 4.99 Å². The number of hydrogen-bond acceptors (Lipinski definition) is 5. The summed E-state index contributed by atoms with van der Waals surface area (Å²) in [6.45, 7) is 0. The summed E-state index contributed by atoms with van der Waals surface area (Å²) in [4.78, 5) is 16.7. The summed E-state index contributed by atoms with van der Waals surface area (Å²) in [7, 11) is 0. The van der Waals surface area contributed by atoms with Crippen molar-refractivity contribution in [2.45, 2.75) is 0 Å². The Morgan fingerprint density at radius 3 is 2.65 bits per heavy atom. The monoisotopic (exact) mass is 346 g/mol. The molecule has 5 nitrogen and oxygen atoms in total. The Hall–Kier alpha value is -2.44. The predicted molar refractivity (Wildman–Crippen MR) is 92.0 cm³/mol. The number of carbonyl (C=O) groups is 1. The van der Waals surface area contributed by atoms with Crippen molar-refractivity contribution in [3.63, 3.8) is 0 Å². The second-order valence-electron chi connectivity index (χ2n) is 4.68. The molecule has 1 heterocycles. The Bertz CT molecular complexity index is 849. The fourth-order valence-corrected chi connectivity index (χ4v) is 2.93. The number of aliphatic imine (C=N–C) groups is 1. The molecular formula is C16H11ClN2O3S. The van der Waals surface area contributed by atoms with Crippen molar-refractivity contribution in [1.29, 1.82) is 0 Å². The molecule has 1 amide bonds. The standard InChI is InChI=1S/C16H11ClN2O3S/c17-10-3-1-2-4-11(10)18-16-19-15(22)14(23-16)8-9-5-6-12(20)13(21)7-9/h1-8,20-21H,(H,18,19,22)/b14-8-. The highest BCUT2D eigenvalue weighted by atomic mass is 35.5. The van der Waals surface area contributed by atoms with E-state index < -0.39 is 0 Å². The molecule has 0 unspecified atom stereocenters. The van der Waals surface area contributed by atoms with Crippen molar-refractivity contribution in [2.75, 3.05) is 0 Å². The smallest absolute Gasteiger partial charge is 0.264 e. The normalized spacial score (nSPS) is 17.7. The third kappa shape index (κ3) is 3.49. The van der Waals surface area contributed by atoms with Crippen molar-refractivity contribution in [1.82, 2.24) is 5.32 Å². The van der Waals surface area contributed by atoms with Gasteiger partial charge in [-0.3, -0.25) is 4.79 Å². The van der Waals surface area contributed by atoms with Gasteiger partial charge >= 0.3 is 0 Å². The Kier molecular flexibility index (Phi) is 4.27. The number of thioether (sulfide) groups is 1. The van der Waals surface area contributed by atoms with Gasteiger partial charge in [-0.2, -0.15) is 0 Å². The molecule has 0 bridgehead atoms. The van der Waals surface area contributed by atoms with Crippen LogP contribution in [0.25, 0.3) is 6.08 Å². The highest BCUT2D eigenvalue weighted by Gasteiger charge is 2.24. The molecule has 0 aromatic heterocycles. The minimum Gasteiger partial charge on any atom is -0.504 e. The summed E-state index contributed by atoms with van der Waals surface area (Å²) in [5.74, 6) is -0.738. The number of phenolic OH excluding ortho intramolecular Hbond substituents is 2. The molecule has 3 N–H and O–H groups in total. The Balaban J connectivity index is 1.86. The third-order valence-electron chi connectivity index (χ3n) is 3.02. The molecule has 0 spiro atoms. The van der Waals surface area contributed by atoms with Gasteiger partial charge in [-0.05, 0) is 47.7 Å². The molecule has 1 saturated heterocycles. The van der Waals surface area contributed by atoms with E-state index in [0.717, 1.165) is 0 Å². The van der Waals surface area contributed by atoms with Gasteiger partial charge in [0.1, 0.15) is 0 Å². The second kappa shape index (κ2) is 6.36. The highest BCUT2D eigenvalue weighted by Crippen LogP contribution is 2.32. The van der Waals surface area contributed by atoms with Crippen LogP contribution in [0, 0.1) is 0 Å². The van der Waals surface area contributed by atoms with Crippen LogP contribution in [0.1, 0.15) is 5.56 Å². The summed E-state index contributed by atoms with van der Waals surface area (Å²) in [5.41, 5.74) is 1.16. The summed E-state index contributed by atoms with van der Waals surface area (Å²) >= 11 is 7.22. The number of rotatable bonds is 2. The van der Waals surface area contributed by atoms with E-state index in [1.54, 1.807) is 30.3 Å². The number of carbonyl (C=O) groups excluding carboxylic acids is 1. The third-order valence-corrected chi connectivity index (χ3v) is 4.25. The highest BCUT2D eigenvalue weighted by molar-refractivity contribution is 8.18. The number of aromatic hydroxyl groups is 2. The number of nitrogens with zero attached hydrogens (tertiary/aromatic N) is 1. The first-order valence-corrected chi connectivity index (χ1v) is 7.78. The maximum absolute atomic E-state index is 12.0. The van der Waals surface area contributed by atoms with E-state index in [-0.39, 0.29) is 17.4 Å². The Morgan fingerprint density at radius 2 is 1.91 bits per heavy atom. The van der Waals surface area contributed by atoms with Gasteiger partial charge in [0.2, 0.25) is 0 Å². The van der Waals surface area contributed by atoms with Crippen molar-refractivity contribution < 1.29 is 15.0 Å². The number of phenols is 2.